The molecule has 3 heteroatoms. The normalized spacial score (nSPS) is 24.1. The van der Waals surface area contributed by atoms with E-state index in [1.165, 1.54) is 0 Å². The third kappa shape index (κ3) is 1.63. The first kappa shape index (κ1) is 9.60. The lowest BCUT2D eigenvalue weighted by Crippen LogP contribution is -2.43. The van der Waals surface area contributed by atoms with Crippen LogP contribution in [0, 0.1) is 0 Å². The summed E-state index contributed by atoms with van der Waals surface area (Å²) in [7, 11) is 0. The fourth-order valence-corrected chi connectivity index (χ4v) is 2.05. The predicted octanol–water partition coefficient (Wildman–Crippen LogP) is 2.10. The van der Waals surface area contributed by atoms with E-state index >= 15 is 0 Å². The summed E-state index contributed by atoms with van der Waals surface area (Å²) in [6, 6.07) is 10.3. The van der Waals surface area contributed by atoms with Crippen molar-refractivity contribution < 1.29 is 4.74 Å². The number of ether oxygens (including phenoxy) is 1. The second-order valence-electron chi connectivity index (χ2n) is 4.30. The van der Waals surface area contributed by atoms with E-state index < -0.39 is 0 Å². The van der Waals surface area contributed by atoms with E-state index in [-0.39, 0.29) is 6.10 Å². The van der Waals surface area contributed by atoms with E-state index in [1.54, 1.807) is 6.20 Å². The molecule has 0 saturated heterocycles. The van der Waals surface area contributed by atoms with Crippen LogP contribution in [0.4, 0.5) is 0 Å². The first-order valence-corrected chi connectivity index (χ1v) is 5.59. The lowest BCUT2D eigenvalue weighted by molar-refractivity contribution is 0.102. The van der Waals surface area contributed by atoms with Crippen LogP contribution < -0.4 is 10.5 Å². The van der Waals surface area contributed by atoms with Crippen LogP contribution in [0.5, 0.6) is 5.75 Å². The van der Waals surface area contributed by atoms with Crippen molar-refractivity contribution in [3.63, 3.8) is 0 Å². The Balaban J connectivity index is 1.91. The van der Waals surface area contributed by atoms with Crippen LogP contribution in [0.2, 0.25) is 0 Å². The van der Waals surface area contributed by atoms with Gasteiger partial charge in [-0.25, -0.2) is 0 Å². The molecule has 3 nitrogen and oxygen atoms in total. The van der Waals surface area contributed by atoms with Gasteiger partial charge in [0, 0.05) is 17.6 Å². The maximum absolute atomic E-state index is 5.89. The molecule has 1 heterocycles. The maximum Gasteiger partial charge on any atom is 0.145 e. The number of nitrogens with zero attached hydrogens (tertiary/aromatic N) is 1. The fourth-order valence-electron chi connectivity index (χ4n) is 2.05. The van der Waals surface area contributed by atoms with E-state index in [2.05, 4.69) is 4.98 Å². The summed E-state index contributed by atoms with van der Waals surface area (Å²) in [6.07, 6.45) is 3.95. The molecule has 0 amide bonds. The molecule has 1 fully saturated rings. The third-order valence-corrected chi connectivity index (χ3v) is 3.02. The van der Waals surface area contributed by atoms with Crippen molar-refractivity contribution in [2.45, 2.75) is 25.0 Å². The smallest absolute Gasteiger partial charge is 0.145 e. The van der Waals surface area contributed by atoms with E-state index in [1.807, 2.05) is 30.3 Å². The molecule has 1 aromatic heterocycles. The van der Waals surface area contributed by atoms with Crippen LogP contribution in [0.3, 0.4) is 0 Å². The molecule has 3 rings (SSSR count). The number of aromatic nitrogens is 1. The first-order chi connectivity index (χ1) is 7.83. The van der Waals surface area contributed by atoms with Crippen molar-refractivity contribution in [1.82, 2.24) is 4.98 Å². The number of rotatable bonds is 2. The highest BCUT2D eigenvalue weighted by molar-refractivity contribution is 5.84. The molecule has 2 aromatic rings. The molecule has 82 valence electrons. The van der Waals surface area contributed by atoms with Gasteiger partial charge >= 0.3 is 0 Å². The highest BCUT2D eigenvalue weighted by Crippen LogP contribution is 2.29. The summed E-state index contributed by atoms with van der Waals surface area (Å²) in [5.74, 6) is 0.870. The van der Waals surface area contributed by atoms with Gasteiger partial charge in [-0.05, 0) is 25.0 Å². The lowest BCUT2D eigenvalue weighted by atomic mass is 9.90. The minimum Gasteiger partial charge on any atom is -0.488 e. The SMILES string of the molecule is NC1CC(Oc2cccc3cccnc23)C1. The van der Waals surface area contributed by atoms with Crippen LogP contribution in [-0.2, 0) is 0 Å². The Kier molecular flexibility index (Phi) is 2.26. The number of pyridine rings is 1. The molecular formula is C13H14N2O. The number of benzene rings is 1. The molecule has 0 radical (unpaired) electrons. The Bertz CT molecular complexity index is 501. The van der Waals surface area contributed by atoms with Gasteiger partial charge in [-0.15, -0.1) is 0 Å². The Morgan fingerprint density at radius 2 is 2.00 bits per heavy atom. The Morgan fingerprint density at radius 3 is 2.81 bits per heavy atom. The van der Waals surface area contributed by atoms with Gasteiger partial charge in [0.2, 0.25) is 0 Å². The second-order valence-corrected chi connectivity index (χ2v) is 4.30. The molecule has 0 bridgehead atoms. The second kappa shape index (κ2) is 3.76. The van der Waals surface area contributed by atoms with Gasteiger partial charge in [-0.1, -0.05) is 18.2 Å². The summed E-state index contributed by atoms with van der Waals surface area (Å²) in [5.41, 5.74) is 6.68. The zero-order valence-electron chi connectivity index (χ0n) is 8.97. The highest BCUT2D eigenvalue weighted by atomic mass is 16.5. The number of hydrogen-bond acceptors (Lipinski definition) is 3. The third-order valence-electron chi connectivity index (χ3n) is 3.02. The quantitative estimate of drug-likeness (QED) is 0.832. The molecular weight excluding hydrogens is 200 g/mol. The summed E-state index contributed by atoms with van der Waals surface area (Å²) in [5, 5.41) is 1.11. The lowest BCUT2D eigenvalue weighted by Gasteiger charge is -2.32. The van der Waals surface area contributed by atoms with Gasteiger partial charge in [-0.3, -0.25) is 4.98 Å². The predicted molar refractivity (Wildman–Crippen MR) is 63.4 cm³/mol. The average Bonchev–Trinajstić information content (AvgIpc) is 2.27. The molecule has 0 spiro atoms. The standard InChI is InChI=1S/C13H14N2O/c14-10-7-11(8-10)16-12-5-1-3-9-4-2-6-15-13(9)12/h1-6,10-11H,7-8,14H2. The molecule has 0 aliphatic heterocycles. The van der Waals surface area contributed by atoms with E-state index in [9.17, 15) is 0 Å². The summed E-state index contributed by atoms with van der Waals surface area (Å²) >= 11 is 0. The van der Waals surface area contributed by atoms with Crippen LogP contribution in [0.25, 0.3) is 10.9 Å². The average molecular weight is 214 g/mol. The van der Waals surface area contributed by atoms with Crippen molar-refractivity contribution >= 4 is 10.9 Å². The van der Waals surface area contributed by atoms with Crippen molar-refractivity contribution in [3.8, 4) is 5.75 Å². The van der Waals surface area contributed by atoms with E-state index in [0.29, 0.717) is 6.04 Å². The van der Waals surface area contributed by atoms with Gasteiger partial charge in [0.1, 0.15) is 17.4 Å². The van der Waals surface area contributed by atoms with Crippen LogP contribution in [-0.4, -0.2) is 17.1 Å². The van der Waals surface area contributed by atoms with Gasteiger partial charge in [0.15, 0.2) is 0 Å². The Morgan fingerprint density at radius 1 is 1.19 bits per heavy atom. The van der Waals surface area contributed by atoms with E-state index in [0.717, 1.165) is 29.5 Å². The van der Waals surface area contributed by atoms with Crippen LogP contribution >= 0.6 is 0 Å². The molecule has 1 aliphatic rings. The molecule has 1 aromatic carbocycles. The Labute approximate surface area is 94.2 Å². The molecule has 2 N–H and O–H groups in total. The number of nitrogens with two attached hydrogens (primary N) is 1. The number of hydrogen-bond donors (Lipinski definition) is 1. The van der Waals surface area contributed by atoms with Crippen molar-refractivity contribution in [3.05, 3.63) is 36.5 Å². The zero-order chi connectivity index (χ0) is 11.0. The zero-order valence-corrected chi connectivity index (χ0v) is 8.97. The molecule has 0 unspecified atom stereocenters. The minimum atomic E-state index is 0.266. The van der Waals surface area contributed by atoms with Crippen molar-refractivity contribution in [2.75, 3.05) is 0 Å². The van der Waals surface area contributed by atoms with Crippen molar-refractivity contribution in [2.24, 2.45) is 5.73 Å². The van der Waals surface area contributed by atoms with Gasteiger partial charge in [0.25, 0.3) is 0 Å². The monoisotopic (exact) mass is 214 g/mol. The Hall–Kier alpha value is -1.61. The van der Waals surface area contributed by atoms with Crippen molar-refractivity contribution in [1.29, 1.82) is 0 Å². The fraction of sp³-hybridized carbons (Fsp3) is 0.308. The molecule has 1 aliphatic carbocycles. The maximum atomic E-state index is 5.89. The molecule has 16 heavy (non-hydrogen) atoms. The van der Waals surface area contributed by atoms with Crippen LogP contribution in [0.1, 0.15) is 12.8 Å². The van der Waals surface area contributed by atoms with Gasteiger partial charge in [0.05, 0.1) is 0 Å². The van der Waals surface area contributed by atoms with Gasteiger partial charge in [-0.2, -0.15) is 0 Å². The molecule has 1 saturated carbocycles. The molecule has 0 atom stereocenters. The topological polar surface area (TPSA) is 48.1 Å². The largest absolute Gasteiger partial charge is 0.488 e. The summed E-state index contributed by atoms with van der Waals surface area (Å²) in [4.78, 5) is 4.36. The summed E-state index contributed by atoms with van der Waals surface area (Å²) in [6.45, 7) is 0. The number of para-hydroxylation sites is 1. The number of fused-ring (bicyclic) bond motifs is 1. The summed E-state index contributed by atoms with van der Waals surface area (Å²) < 4.78 is 5.89. The van der Waals surface area contributed by atoms with Gasteiger partial charge < -0.3 is 10.5 Å². The van der Waals surface area contributed by atoms with Crippen LogP contribution in [0.15, 0.2) is 36.5 Å². The van der Waals surface area contributed by atoms with E-state index in [4.69, 9.17) is 10.5 Å². The highest BCUT2D eigenvalue weighted by Gasteiger charge is 2.28. The first-order valence-electron chi connectivity index (χ1n) is 5.59. The minimum absolute atomic E-state index is 0.266.